The van der Waals surface area contributed by atoms with E-state index < -0.39 is 24.0 Å². The van der Waals surface area contributed by atoms with Crippen molar-refractivity contribution in [2.45, 2.75) is 32.9 Å². The highest BCUT2D eigenvalue weighted by atomic mass is 16.4. The first-order valence-corrected chi connectivity index (χ1v) is 4.13. The lowest BCUT2D eigenvalue weighted by Gasteiger charge is -2.18. The van der Waals surface area contributed by atoms with Crippen molar-refractivity contribution in [3.8, 4) is 0 Å². The molecule has 0 heterocycles. The molecular formula is C8H13N2O4-. The minimum Gasteiger partial charge on any atom is -0.548 e. The number of carbonyl (C=O) groups is 3. The second kappa shape index (κ2) is 5.21. The lowest BCUT2D eigenvalue weighted by molar-refractivity contribution is -0.307. The number of hydrogen-bond donors (Lipinski definition) is 2. The Morgan fingerprint density at radius 1 is 1.07 bits per heavy atom. The summed E-state index contributed by atoms with van der Waals surface area (Å²) in [6, 6.07) is -1.83. The third-order valence-corrected chi connectivity index (χ3v) is 1.53. The quantitative estimate of drug-likeness (QED) is 0.537. The van der Waals surface area contributed by atoms with Crippen molar-refractivity contribution in [1.29, 1.82) is 0 Å². The van der Waals surface area contributed by atoms with Gasteiger partial charge in [-0.3, -0.25) is 9.59 Å². The van der Waals surface area contributed by atoms with Gasteiger partial charge in [-0.25, -0.2) is 0 Å². The molecule has 0 aliphatic heterocycles. The topological polar surface area (TPSA) is 98.3 Å². The standard InChI is InChI=1S/C8H14N2O4/c1-4(9-6(3)11)7(12)10-5(2)8(13)14/h4-5H,1-3H3,(H,9,11)(H,10,12)(H,13,14)/p-1. The van der Waals surface area contributed by atoms with Gasteiger partial charge in [0.25, 0.3) is 0 Å². The van der Waals surface area contributed by atoms with Crippen molar-refractivity contribution in [3.05, 3.63) is 0 Å². The largest absolute Gasteiger partial charge is 0.548 e. The number of carboxylic acids is 1. The maximum Gasteiger partial charge on any atom is 0.242 e. The number of rotatable bonds is 4. The van der Waals surface area contributed by atoms with Crippen molar-refractivity contribution in [2.75, 3.05) is 0 Å². The van der Waals surface area contributed by atoms with Crippen molar-refractivity contribution >= 4 is 17.8 Å². The van der Waals surface area contributed by atoms with Crippen LogP contribution in [0.4, 0.5) is 0 Å². The predicted octanol–water partition coefficient (Wildman–Crippen LogP) is -2.23. The highest BCUT2D eigenvalue weighted by Crippen LogP contribution is 1.85. The third kappa shape index (κ3) is 4.44. The second-order valence-corrected chi connectivity index (χ2v) is 2.97. The molecule has 6 nitrogen and oxygen atoms in total. The van der Waals surface area contributed by atoms with Crippen molar-refractivity contribution < 1.29 is 19.5 Å². The zero-order valence-corrected chi connectivity index (χ0v) is 8.29. The number of carbonyl (C=O) groups excluding carboxylic acids is 3. The summed E-state index contributed by atoms with van der Waals surface area (Å²) in [7, 11) is 0. The SMILES string of the molecule is CC(=O)NC(C)C(=O)NC(C)C(=O)[O-]. The molecule has 0 rings (SSSR count). The Hall–Kier alpha value is -1.59. The van der Waals surface area contributed by atoms with Gasteiger partial charge in [0, 0.05) is 6.92 Å². The molecule has 0 saturated heterocycles. The maximum absolute atomic E-state index is 11.2. The zero-order valence-electron chi connectivity index (χ0n) is 8.29. The molecule has 0 aromatic carbocycles. The van der Waals surface area contributed by atoms with Gasteiger partial charge in [0.05, 0.1) is 12.0 Å². The Morgan fingerprint density at radius 2 is 1.57 bits per heavy atom. The molecule has 0 saturated carbocycles. The second-order valence-electron chi connectivity index (χ2n) is 2.97. The molecule has 14 heavy (non-hydrogen) atoms. The Morgan fingerprint density at radius 3 is 1.93 bits per heavy atom. The van der Waals surface area contributed by atoms with E-state index in [2.05, 4.69) is 10.6 Å². The van der Waals surface area contributed by atoms with Crippen LogP contribution in [0.1, 0.15) is 20.8 Å². The first kappa shape index (κ1) is 12.4. The molecule has 80 valence electrons. The highest BCUT2D eigenvalue weighted by Gasteiger charge is 2.15. The number of nitrogens with one attached hydrogen (secondary N) is 2. The van der Waals surface area contributed by atoms with Crippen LogP contribution < -0.4 is 15.7 Å². The van der Waals surface area contributed by atoms with E-state index in [1.54, 1.807) is 0 Å². The Bertz CT molecular complexity index is 252. The zero-order chi connectivity index (χ0) is 11.3. The van der Waals surface area contributed by atoms with E-state index in [1.165, 1.54) is 20.8 Å². The minimum atomic E-state index is -1.37. The number of amides is 2. The summed E-state index contributed by atoms with van der Waals surface area (Å²) in [6.45, 7) is 4.01. The predicted molar refractivity (Wildman–Crippen MR) is 45.9 cm³/mol. The number of aliphatic carboxylic acids is 1. The fraction of sp³-hybridized carbons (Fsp3) is 0.625. The van der Waals surface area contributed by atoms with Gasteiger partial charge in [-0.05, 0) is 13.8 Å². The van der Waals surface area contributed by atoms with E-state index in [0.29, 0.717) is 0 Å². The normalized spacial score (nSPS) is 13.9. The van der Waals surface area contributed by atoms with Crippen LogP contribution in [0, 0.1) is 0 Å². The fourth-order valence-corrected chi connectivity index (χ4v) is 0.768. The fourth-order valence-electron chi connectivity index (χ4n) is 0.768. The molecule has 0 spiro atoms. The molecule has 6 heteroatoms. The van der Waals surface area contributed by atoms with Crippen LogP contribution >= 0.6 is 0 Å². The Balaban J connectivity index is 4.07. The molecule has 2 unspecified atom stereocenters. The number of carboxylic acid groups (broad SMARTS) is 1. The molecule has 0 bridgehead atoms. The van der Waals surface area contributed by atoms with Gasteiger partial charge < -0.3 is 20.5 Å². The van der Waals surface area contributed by atoms with E-state index in [-0.39, 0.29) is 5.91 Å². The van der Waals surface area contributed by atoms with Gasteiger partial charge in [0.1, 0.15) is 6.04 Å². The minimum absolute atomic E-state index is 0.353. The summed E-state index contributed by atoms with van der Waals surface area (Å²) in [6.07, 6.45) is 0. The average Bonchev–Trinajstić information content (AvgIpc) is 2.02. The highest BCUT2D eigenvalue weighted by molar-refractivity contribution is 5.89. The van der Waals surface area contributed by atoms with E-state index in [0.717, 1.165) is 0 Å². The van der Waals surface area contributed by atoms with Crippen molar-refractivity contribution in [1.82, 2.24) is 10.6 Å². The summed E-state index contributed by atoms with van der Waals surface area (Å²) in [5, 5.41) is 14.8. The van der Waals surface area contributed by atoms with Crippen molar-refractivity contribution in [2.24, 2.45) is 0 Å². The van der Waals surface area contributed by atoms with Crippen LogP contribution in [0.5, 0.6) is 0 Å². The molecule has 0 aromatic heterocycles. The summed E-state index contributed by atoms with van der Waals surface area (Å²) < 4.78 is 0. The molecular weight excluding hydrogens is 188 g/mol. The molecule has 2 atom stereocenters. The average molecular weight is 201 g/mol. The maximum atomic E-state index is 11.2. The van der Waals surface area contributed by atoms with Gasteiger partial charge in [0.15, 0.2) is 0 Å². The van der Waals surface area contributed by atoms with Gasteiger partial charge >= 0.3 is 0 Å². The van der Waals surface area contributed by atoms with Gasteiger partial charge in [-0.1, -0.05) is 0 Å². The monoisotopic (exact) mass is 201 g/mol. The van der Waals surface area contributed by atoms with Crippen LogP contribution in [-0.4, -0.2) is 29.9 Å². The third-order valence-electron chi connectivity index (χ3n) is 1.53. The van der Waals surface area contributed by atoms with Crippen LogP contribution in [-0.2, 0) is 14.4 Å². The summed E-state index contributed by atoms with van der Waals surface area (Å²) in [5.41, 5.74) is 0. The first-order chi connectivity index (χ1) is 6.34. The van der Waals surface area contributed by atoms with E-state index >= 15 is 0 Å². The van der Waals surface area contributed by atoms with Crippen LogP contribution in [0.15, 0.2) is 0 Å². The van der Waals surface area contributed by atoms with Crippen LogP contribution in [0.2, 0.25) is 0 Å². The Labute approximate surface area is 81.7 Å². The molecule has 2 amide bonds. The number of hydrogen-bond acceptors (Lipinski definition) is 4. The summed E-state index contributed by atoms with van der Waals surface area (Å²) >= 11 is 0. The van der Waals surface area contributed by atoms with E-state index in [9.17, 15) is 19.5 Å². The lowest BCUT2D eigenvalue weighted by atomic mass is 10.2. The van der Waals surface area contributed by atoms with E-state index in [1.807, 2.05) is 0 Å². The van der Waals surface area contributed by atoms with E-state index in [4.69, 9.17) is 0 Å². The van der Waals surface area contributed by atoms with Crippen LogP contribution in [0.25, 0.3) is 0 Å². The van der Waals surface area contributed by atoms with Crippen molar-refractivity contribution in [3.63, 3.8) is 0 Å². The molecule has 0 aliphatic carbocycles. The lowest BCUT2D eigenvalue weighted by Crippen LogP contribution is -2.52. The smallest absolute Gasteiger partial charge is 0.242 e. The van der Waals surface area contributed by atoms with Gasteiger partial charge in [-0.15, -0.1) is 0 Å². The molecule has 0 aliphatic rings. The molecule has 0 radical (unpaired) electrons. The summed E-state index contributed by atoms with van der Waals surface area (Å²) in [5.74, 6) is -2.28. The molecule has 0 aromatic rings. The Kier molecular flexibility index (Phi) is 4.62. The molecule has 0 fully saturated rings. The van der Waals surface area contributed by atoms with Gasteiger partial charge in [-0.2, -0.15) is 0 Å². The van der Waals surface area contributed by atoms with Crippen LogP contribution in [0.3, 0.4) is 0 Å². The van der Waals surface area contributed by atoms with Gasteiger partial charge in [0.2, 0.25) is 11.8 Å². The summed E-state index contributed by atoms with van der Waals surface area (Å²) in [4.78, 5) is 32.0. The molecule has 2 N–H and O–H groups in total. The first-order valence-electron chi connectivity index (χ1n) is 4.13.